The number of anilines is 1. The summed E-state index contributed by atoms with van der Waals surface area (Å²) in [6, 6.07) is 13.5. The minimum atomic E-state index is 0.310. The van der Waals surface area contributed by atoms with Gasteiger partial charge < -0.3 is 10.4 Å². The van der Waals surface area contributed by atoms with Gasteiger partial charge in [0.05, 0.1) is 12.2 Å². The smallest absolute Gasteiger partial charge is 0.123 e. The third kappa shape index (κ3) is 2.20. The Morgan fingerprint density at radius 3 is 2.75 bits per heavy atom. The van der Waals surface area contributed by atoms with Gasteiger partial charge in [-0.05, 0) is 25.1 Å². The lowest BCUT2D eigenvalue weighted by Gasteiger charge is -2.11. The average Bonchev–Trinajstić information content (AvgIpc) is 2.93. The molecule has 0 amide bonds. The normalized spacial score (nSPS) is 10.8. The van der Waals surface area contributed by atoms with E-state index in [0.29, 0.717) is 12.3 Å². The van der Waals surface area contributed by atoms with Gasteiger partial charge >= 0.3 is 0 Å². The number of aromatic hydroxyl groups is 1. The number of aromatic nitrogens is 2. The first-order chi connectivity index (χ1) is 9.79. The van der Waals surface area contributed by atoms with Gasteiger partial charge in [0.25, 0.3) is 0 Å². The predicted octanol–water partition coefficient (Wildman–Crippen LogP) is 3.37. The highest BCUT2D eigenvalue weighted by atomic mass is 16.3. The summed E-state index contributed by atoms with van der Waals surface area (Å²) < 4.78 is 1.97. The van der Waals surface area contributed by atoms with E-state index in [1.165, 1.54) is 0 Å². The van der Waals surface area contributed by atoms with E-state index in [0.717, 1.165) is 28.7 Å². The Labute approximate surface area is 117 Å². The molecular formula is C16H17N3O. The molecule has 0 aliphatic carbocycles. The summed E-state index contributed by atoms with van der Waals surface area (Å²) in [5.41, 5.74) is 2.16. The fraction of sp³-hybridized carbons (Fsp3) is 0.188. The minimum Gasteiger partial charge on any atom is -0.507 e. The molecule has 0 bridgehead atoms. The number of hydrogen-bond acceptors (Lipinski definition) is 3. The molecule has 2 N–H and O–H groups in total. The van der Waals surface area contributed by atoms with Crippen LogP contribution in [-0.4, -0.2) is 14.9 Å². The average molecular weight is 267 g/mol. The Morgan fingerprint density at radius 1 is 1.10 bits per heavy atom. The number of nitrogens with zero attached hydrogens (tertiary/aromatic N) is 2. The van der Waals surface area contributed by atoms with Crippen molar-refractivity contribution in [3.05, 3.63) is 54.4 Å². The Hall–Kier alpha value is -2.49. The van der Waals surface area contributed by atoms with Crippen molar-refractivity contribution in [1.82, 2.24) is 9.78 Å². The molecule has 0 aliphatic rings. The lowest BCUT2D eigenvalue weighted by Crippen LogP contribution is -2.07. The zero-order valence-corrected chi connectivity index (χ0v) is 11.4. The molecule has 0 saturated heterocycles. The largest absolute Gasteiger partial charge is 0.507 e. The van der Waals surface area contributed by atoms with Crippen molar-refractivity contribution in [2.45, 2.75) is 20.0 Å². The maximum atomic E-state index is 9.89. The van der Waals surface area contributed by atoms with Crippen molar-refractivity contribution in [1.29, 1.82) is 0 Å². The number of phenolic OH excluding ortho intramolecular Hbond substituents is 1. The molecule has 0 atom stereocenters. The number of phenols is 1. The summed E-state index contributed by atoms with van der Waals surface area (Å²) in [5, 5.41) is 19.5. The molecule has 0 radical (unpaired) electrons. The van der Waals surface area contributed by atoms with Gasteiger partial charge in [0, 0.05) is 29.2 Å². The number of aryl methyl sites for hydroxylation is 1. The monoisotopic (exact) mass is 267 g/mol. The van der Waals surface area contributed by atoms with Crippen molar-refractivity contribution in [3.63, 3.8) is 0 Å². The summed E-state index contributed by atoms with van der Waals surface area (Å²) in [7, 11) is 0. The van der Waals surface area contributed by atoms with Crippen molar-refractivity contribution in [3.8, 4) is 5.75 Å². The third-order valence-corrected chi connectivity index (χ3v) is 3.46. The van der Waals surface area contributed by atoms with Crippen LogP contribution >= 0.6 is 0 Å². The van der Waals surface area contributed by atoms with Crippen molar-refractivity contribution in [2.75, 3.05) is 5.32 Å². The van der Waals surface area contributed by atoms with Crippen LogP contribution in [0.1, 0.15) is 12.6 Å². The summed E-state index contributed by atoms with van der Waals surface area (Å²) in [6.45, 7) is 3.65. The molecule has 1 aromatic heterocycles. The van der Waals surface area contributed by atoms with E-state index in [1.54, 1.807) is 6.07 Å². The fourth-order valence-electron chi connectivity index (χ4n) is 2.43. The van der Waals surface area contributed by atoms with E-state index in [1.807, 2.05) is 47.3 Å². The predicted molar refractivity (Wildman–Crippen MR) is 80.8 cm³/mol. The molecule has 0 unspecified atom stereocenters. The molecule has 0 spiro atoms. The van der Waals surface area contributed by atoms with E-state index in [9.17, 15) is 5.11 Å². The number of fused-ring (bicyclic) bond motifs is 1. The van der Waals surface area contributed by atoms with E-state index in [-0.39, 0.29) is 0 Å². The van der Waals surface area contributed by atoms with Gasteiger partial charge in [0.1, 0.15) is 5.75 Å². The van der Waals surface area contributed by atoms with E-state index < -0.39 is 0 Å². The van der Waals surface area contributed by atoms with E-state index in [4.69, 9.17) is 0 Å². The lowest BCUT2D eigenvalue weighted by molar-refractivity contribution is 0.481. The molecule has 3 rings (SSSR count). The summed E-state index contributed by atoms with van der Waals surface area (Å²) in [5.74, 6) is 0.310. The molecule has 3 aromatic rings. The number of rotatable bonds is 4. The first kappa shape index (κ1) is 12.5. The fourth-order valence-corrected chi connectivity index (χ4v) is 2.43. The quantitative estimate of drug-likeness (QED) is 0.762. The van der Waals surface area contributed by atoms with Gasteiger partial charge in [-0.15, -0.1) is 0 Å². The standard InChI is InChI=1S/C16H17N3O/c1-2-19-12(9-10-18-19)11-17-15-7-3-6-14-13(15)5-4-8-16(14)20/h3-10,17,20H,2,11H2,1H3. The SMILES string of the molecule is CCn1nccc1CNc1cccc2c(O)cccc12. The van der Waals surface area contributed by atoms with Crippen LogP contribution < -0.4 is 5.32 Å². The van der Waals surface area contributed by atoms with Gasteiger partial charge in [0.15, 0.2) is 0 Å². The van der Waals surface area contributed by atoms with Crippen LogP contribution in [0.4, 0.5) is 5.69 Å². The summed E-state index contributed by atoms with van der Waals surface area (Å²) in [6.07, 6.45) is 1.81. The van der Waals surface area contributed by atoms with Crippen LogP contribution in [0.2, 0.25) is 0 Å². The van der Waals surface area contributed by atoms with Gasteiger partial charge in [0.2, 0.25) is 0 Å². The molecule has 20 heavy (non-hydrogen) atoms. The van der Waals surface area contributed by atoms with Crippen LogP contribution in [0.5, 0.6) is 5.75 Å². The van der Waals surface area contributed by atoms with Gasteiger partial charge in [-0.25, -0.2) is 0 Å². The second-order valence-electron chi connectivity index (χ2n) is 4.67. The minimum absolute atomic E-state index is 0.310. The summed E-state index contributed by atoms with van der Waals surface area (Å²) >= 11 is 0. The molecule has 0 saturated carbocycles. The van der Waals surface area contributed by atoms with Crippen LogP contribution in [0.15, 0.2) is 48.7 Å². The zero-order chi connectivity index (χ0) is 13.9. The maximum absolute atomic E-state index is 9.89. The van der Waals surface area contributed by atoms with Gasteiger partial charge in [-0.2, -0.15) is 5.10 Å². The second-order valence-corrected chi connectivity index (χ2v) is 4.67. The second kappa shape index (κ2) is 5.25. The van der Waals surface area contributed by atoms with Crippen molar-refractivity contribution >= 4 is 16.5 Å². The van der Waals surface area contributed by atoms with Crippen LogP contribution in [0.3, 0.4) is 0 Å². The first-order valence-electron chi connectivity index (χ1n) is 6.75. The molecular weight excluding hydrogens is 250 g/mol. The number of benzene rings is 2. The number of hydrogen-bond donors (Lipinski definition) is 2. The van der Waals surface area contributed by atoms with Crippen molar-refractivity contribution < 1.29 is 5.11 Å². The topological polar surface area (TPSA) is 50.1 Å². The highest BCUT2D eigenvalue weighted by Gasteiger charge is 2.05. The highest BCUT2D eigenvalue weighted by molar-refractivity contribution is 5.97. The molecule has 1 heterocycles. The van der Waals surface area contributed by atoms with E-state index in [2.05, 4.69) is 17.3 Å². The maximum Gasteiger partial charge on any atom is 0.123 e. The molecule has 102 valence electrons. The van der Waals surface area contributed by atoms with Crippen molar-refractivity contribution in [2.24, 2.45) is 0 Å². The van der Waals surface area contributed by atoms with Crippen LogP contribution in [0, 0.1) is 0 Å². The first-order valence-corrected chi connectivity index (χ1v) is 6.75. The Balaban J connectivity index is 1.90. The Morgan fingerprint density at radius 2 is 1.90 bits per heavy atom. The van der Waals surface area contributed by atoms with Gasteiger partial charge in [-0.3, -0.25) is 4.68 Å². The zero-order valence-electron chi connectivity index (χ0n) is 11.4. The highest BCUT2D eigenvalue weighted by Crippen LogP contribution is 2.29. The van der Waals surface area contributed by atoms with Gasteiger partial charge in [-0.1, -0.05) is 24.3 Å². The Kier molecular flexibility index (Phi) is 3.29. The summed E-state index contributed by atoms with van der Waals surface area (Å²) in [4.78, 5) is 0. The van der Waals surface area contributed by atoms with E-state index >= 15 is 0 Å². The van der Waals surface area contributed by atoms with Crippen LogP contribution in [-0.2, 0) is 13.1 Å². The number of nitrogens with one attached hydrogen (secondary N) is 1. The molecule has 2 aromatic carbocycles. The molecule has 4 heteroatoms. The lowest BCUT2D eigenvalue weighted by atomic mass is 10.1. The van der Waals surface area contributed by atoms with Crippen LogP contribution in [0.25, 0.3) is 10.8 Å². The Bertz CT molecular complexity index is 733. The molecule has 4 nitrogen and oxygen atoms in total. The molecule has 0 aliphatic heterocycles. The molecule has 0 fully saturated rings. The third-order valence-electron chi connectivity index (χ3n) is 3.46.